The molecular formula is C10H10ClNO3. The van der Waals surface area contributed by atoms with Crippen LogP contribution in [0.15, 0.2) is 24.3 Å². The minimum absolute atomic E-state index is 0.378. The van der Waals surface area contributed by atoms with E-state index in [-0.39, 0.29) is 0 Å². The van der Waals surface area contributed by atoms with Gasteiger partial charge in [-0.2, -0.15) is 0 Å². The molecule has 0 aliphatic carbocycles. The zero-order chi connectivity index (χ0) is 11.4. The molecule has 0 saturated carbocycles. The van der Waals surface area contributed by atoms with Gasteiger partial charge < -0.3 is 10.4 Å². The fourth-order valence-electron chi connectivity index (χ4n) is 0.916. The summed E-state index contributed by atoms with van der Waals surface area (Å²) in [4.78, 5) is 21.9. The number of carboxylic acids is 1. The number of benzene rings is 1. The molecule has 0 unspecified atom stereocenters. The number of anilines is 1. The zero-order valence-corrected chi connectivity index (χ0v) is 8.78. The maximum Gasteiger partial charge on any atom is 0.315 e. The molecule has 0 aliphatic heterocycles. The van der Waals surface area contributed by atoms with Gasteiger partial charge in [-0.3, -0.25) is 9.59 Å². The number of amides is 1. The van der Waals surface area contributed by atoms with E-state index >= 15 is 0 Å². The Bertz CT molecular complexity index is 392. The van der Waals surface area contributed by atoms with Gasteiger partial charge in [-0.15, -0.1) is 0 Å². The summed E-state index contributed by atoms with van der Waals surface area (Å²) in [6.07, 6.45) is 0. The van der Waals surface area contributed by atoms with Crippen molar-refractivity contribution in [3.8, 4) is 0 Å². The summed E-state index contributed by atoms with van der Waals surface area (Å²) < 4.78 is 0. The van der Waals surface area contributed by atoms with Crippen LogP contribution in [-0.2, 0) is 9.59 Å². The molecule has 15 heavy (non-hydrogen) atoms. The number of halogens is 1. The second-order valence-corrected chi connectivity index (χ2v) is 3.44. The Morgan fingerprint density at radius 3 is 2.53 bits per heavy atom. The minimum atomic E-state index is -1.17. The van der Waals surface area contributed by atoms with Crippen molar-refractivity contribution in [2.24, 2.45) is 5.92 Å². The smallest absolute Gasteiger partial charge is 0.315 e. The van der Waals surface area contributed by atoms with Crippen LogP contribution in [0.5, 0.6) is 0 Å². The van der Waals surface area contributed by atoms with E-state index in [4.69, 9.17) is 16.7 Å². The molecule has 1 aromatic rings. The van der Waals surface area contributed by atoms with Gasteiger partial charge in [0, 0.05) is 0 Å². The summed E-state index contributed by atoms with van der Waals surface area (Å²) in [5.41, 5.74) is 0.414. The average Bonchev–Trinajstić information content (AvgIpc) is 2.20. The van der Waals surface area contributed by atoms with Gasteiger partial charge >= 0.3 is 5.97 Å². The minimum Gasteiger partial charge on any atom is -0.481 e. The quantitative estimate of drug-likeness (QED) is 0.777. The third kappa shape index (κ3) is 2.95. The lowest BCUT2D eigenvalue weighted by molar-refractivity contribution is -0.144. The zero-order valence-electron chi connectivity index (χ0n) is 8.03. The lowest BCUT2D eigenvalue weighted by Gasteiger charge is -2.09. The number of carbonyl (C=O) groups is 2. The molecule has 0 heterocycles. The molecule has 0 aliphatic rings. The Morgan fingerprint density at radius 1 is 1.40 bits per heavy atom. The largest absolute Gasteiger partial charge is 0.481 e. The van der Waals surface area contributed by atoms with Crippen molar-refractivity contribution in [1.82, 2.24) is 0 Å². The Balaban J connectivity index is 2.75. The fraction of sp³-hybridized carbons (Fsp3) is 0.200. The van der Waals surface area contributed by atoms with E-state index in [0.29, 0.717) is 10.7 Å². The normalized spacial score (nSPS) is 11.9. The van der Waals surface area contributed by atoms with Crippen molar-refractivity contribution in [2.75, 3.05) is 5.32 Å². The van der Waals surface area contributed by atoms with Gasteiger partial charge in [0.15, 0.2) is 0 Å². The molecule has 80 valence electrons. The molecule has 0 spiro atoms. The Morgan fingerprint density at radius 2 is 2.00 bits per heavy atom. The summed E-state index contributed by atoms with van der Waals surface area (Å²) in [6.45, 7) is 1.31. The van der Waals surface area contributed by atoms with Gasteiger partial charge in [-0.1, -0.05) is 23.7 Å². The first-order valence-electron chi connectivity index (χ1n) is 4.30. The monoisotopic (exact) mass is 227 g/mol. The van der Waals surface area contributed by atoms with Crippen molar-refractivity contribution < 1.29 is 14.7 Å². The summed E-state index contributed by atoms with van der Waals surface area (Å²) in [7, 11) is 0. The van der Waals surface area contributed by atoms with E-state index in [1.807, 2.05) is 0 Å². The van der Waals surface area contributed by atoms with Gasteiger partial charge in [0.1, 0.15) is 5.92 Å². The number of aliphatic carboxylic acids is 1. The lowest BCUT2D eigenvalue weighted by Crippen LogP contribution is -2.26. The number of carboxylic acid groups (broad SMARTS) is 1. The van der Waals surface area contributed by atoms with Gasteiger partial charge in [0.05, 0.1) is 10.7 Å². The summed E-state index contributed by atoms with van der Waals surface area (Å²) >= 11 is 5.79. The summed E-state index contributed by atoms with van der Waals surface area (Å²) in [5, 5.41) is 11.4. The van der Waals surface area contributed by atoms with Crippen molar-refractivity contribution in [2.45, 2.75) is 6.92 Å². The molecule has 5 heteroatoms. The van der Waals surface area contributed by atoms with Crippen LogP contribution in [0, 0.1) is 5.92 Å². The highest BCUT2D eigenvalue weighted by molar-refractivity contribution is 6.33. The number of nitrogens with one attached hydrogen (secondary N) is 1. The van der Waals surface area contributed by atoms with Crippen molar-refractivity contribution in [3.63, 3.8) is 0 Å². The molecule has 0 fully saturated rings. The second-order valence-electron chi connectivity index (χ2n) is 3.03. The molecule has 1 rings (SSSR count). The van der Waals surface area contributed by atoms with Gasteiger partial charge in [-0.25, -0.2) is 0 Å². The number of para-hydroxylation sites is 1. The first kappa shape index (κ1) is 11.5. The van der Waals surface area contributed by atoms with E-state index in [1.165, 1.54) is 6.92 Å². The standard InChI is InChI=1S/C10H10ClNO3/c1-6(10(14)15)9(13)12-8-5-3-2-4-7(8)11/h2-6H,1H3,(H,12,13)(H,14,15)/t6-/m1/s1. The highest BCUT2D eigenvalue weighted by Gasteiger charge is 2.20. The van der Waals surface area contributed by atoms with Crippen LogP contribution in [0.1, 0.15) is 6.92 Å². The highest BCUT2D eigenvalue weighted by Crippen LogP contribution is 2.20. The first-order valence-corrected chi connectivity index (χ1v) is 4.68. The van der Waals surface area contributed by atoms with Crippen molar-refractivity contribution in [3.05, 3.63) is 29.3 Å². The maximum atomic E-state index is 11.4. The number of hydrogen-bond acceptors (Lipinski definition) is 2. The summed E-state index contributed by atoms with van der Waals surface area (Å²) in [5.74, 6) is -2.85. The molecule has 0 aromatic heterocycles. The average molecular weight is 228 g/mol. The third-order valence-electron chi connectivity index (χ3n) is 1.90. The molecular weight excluding hydrogens is 218 g/mol. The maximum absolute atomic E-state index is 11.4. The SMILES string of the molecule is C[C@@H](C(=O)O)C(=O)Nc1ccccc1Cl. The van der Waals surface area contributed by atoms with Crippen LogP contribution in [0.4, 0.5) is 5.69 Å². The summed E-state index contributed by atoms with van der Waals surface area (Å²) in [6, 6.07) is 6.64. The topological polar surface area (TPSA) is 66.4 Å². The number of hydrogen-bond donors (Lipinski definition) is 2. The Kier molecular flexibility index (Phi) is 3.68. The van der Waals surface area contributed by atoms with Crippen LogP contribution >= 0.6 is 11.6 Å². The Hall–Kier alpha value is -1.55. The molecule has 1 aromatic carbocycles. The molecule has 1 atom stereocenters. The number of rotatable bonds is 3. The van der Waals surface area contributed by atoms with E-state index in [0.717, 1.165) is 0 Å². The van der Waals surface area contributed by atoms with E-state index in [9.17, 15) is 9.59 Å². The molecule has 2 N–H and O–H groups in total. The highest BCUT2D eigenvalue weighted by atomic mass is 35.5. The van der Waals surface area contributed by atoms with Crippen LogP contribution in [0.3, 0.4) is 0 Å². The predicted octanol–water partition coefficient (Wildman–Crippen LogP) is 2.00. The first-order chi connectivity index (χ1) is 7.02. The van der Waals surface area contributed by atoms with Crippen molar-refractivity contribution in [1.29, 1.82) is 0 Å². The van der Waals surface area contributed by atoms with E-state index in [1.54, 1.807) is 24.3 Å². The molecule has 4 nitrogen and oxygen atoms in total. The molecule has 1 amide bonds. The molecule has 0 radical (unpaired) electrons. The number of carbonyl (C=O) groups excluding carboxylic acids is 1. The third-order valence-corrected chi connectivity index (χ3v) is 2.23. The van der Waals surface area contributed by atoms with Crippen LogP contribution < -0.4 is 5.32 Å². The van der Waals surface area contributed by atoms with E-state index < -0.39 is 17.8 Å². The van der Waals surface area contributed by atoms with Gasteiger partial charge in [0.25, 0.3) is 0 Å². The van der Waals surface area contributed by atoms with Gasteiger partial charge in [0.2, 0.25) is 5.91 Å². The molecule has 0 saturated heterocycles. The second kappa shape index (κ2) is 4.79. The Labute approximate surface area is 91.9 Å². The van der Waals surface area contributed by atoms with Crippen LogP contribution in [0.2, 0.25) is 5.02 Å². The van der Waals surface area contributed by atoms with Gasteiger partial charge in [-0.05, 0) is 19.1 Å². The van der Waals surface area contributed by atoms with Crippen LogP contribution in [-0.4, -0.2) is 17.0 Å². The molecule has 0 bridgehead atoms. The van der Waals surface area contributed by atoms with E-state index in [2.05, 4.69) is 5.32 Å². The fourth-order valence-corrected chi connectivity index (χ4v) is 1.10. The van der Waals surface area contributed by atoms with Crippen molar-refractivity contribution >= 4 is 29.2 Å². The predicted molar refractivity (Wildman–Crippen MR) is 56.9 cm³/mol. The van der Waals surface area contributed by atoms with Crippen LogP contribution in [0.25, 0.3) is 0 Å². The lowest BCUT2D eigenvalue weighted by atomic mass is 10.1.